The molecule has 0 aliphatic rings. The van der Waals surface area contributed by atoms with E-state index in [4.69, 9.17) is 9.47 Å². The van der Waals surface area contributed by atoms with Gasteiger partial charge in [0.15, 0.2) is 0 Å². The Hall–Kier alpha value is -1.52. The van der Waals surface area contributed by atoms with Crippen LogP contribution < -0.4 is 9.47 Å². The van der Waals surface area contributed by atoms with Gasteiger partial charge < -0.3 is 14.6 Å². The number of methoxy groups -OCH3 is 2. The molecule has 0 saturated heterocycles. The second-order valence-electron chi connectivity index (χ2n) is 4.97. The van der Waals surface area contributed by atoms with Crippen LogP contribution in [0.15, 0.2) is 34.8 Å². The Kier molecular flexibility index (Phi) is 4.91. The molecule has 0 heterocycles. The lowest BCUT2D eigenvalue weighted by Crippen LogP contribution is -2.05. The molecule has 0 amide bonds. The van der Waals surface area contributed by atoms with Gasteiger partial charge in [-0.2, -0.15) is 0 Å². The highest BCUT2D eigenvalue weighted by molar-refractivity contribution is 9.10. The van der Waals surface area contributed by atoms with E-state index in [0.717, 1.165) is 26.7 Å². The highest BCUT2D eigenvalue weighted by Gasteiger charge is 2.18. The fraction of sp³-hybridized carbons (Fsp3) is 0.294. The lowest BCUT2D eigenvalue weighted by atomic mass is 9.95. The van der Waals surface area contributed by atoms with Gasteiger partial charge in [-0.05, 0) is 48.7 Å². The molecule has 1 N–H and O–H groups in total. The van der Waals surface area contributed by atoms with Crippen molar-refractivity contribution in [2.24, 2.45) is 0 Å². The Morgan fingerprint density at radius 3 is 2.29 bits per heavy atom. The van der Waals surface area contributed by atoms with Gasteiger partial charge in [-0.3, -0.25) is 0 Å². The van der Waals surface area contributed by atoms with Gasteiger partial charge in [-0.15, -0.1) is 0 Å². The van der Waals surface area contributed by atoms with Gasteiger partial charge in [0.2, 0.25) is 0 Å². The smallest absolute Gasteiger partial charge is 0.128 e. The van der Waals surface area contributed by atoms with Crippen LogP contribution in [0, 0.1) is 13.8 Å². The minimum absolute atomic E-state index is 0.613. The Morgan fingerprint density at radius 1 is 0.952 bits per heavy atom. The molecule has 21 heavy (non-hydrogen) atoms. The van der Waals surface area contributed by atoms with Gasteiger partial charge in [-0.25, -0.2) is 0 Å². The zero-order chi connectivity index (χ0) is 15.6. The molecule has 0 aromatic heterocycles. The Balaban J connectivity index is 2.49. The van der Waals surface area contributed by atoms with Crippen LogP contribution in [0.2, 0.25) is 0 Å². The third-order valence-corrected chi connectivity index (χ3v) is 4.43. The van der Waals surface area contributed by atoms with E-state index < -0.39 is 6.10 Å². The van der Waals surface area contributed by atoms with E-state index >= 15 is 0 Å². The molecule has 1 atom stereocenters. The normalized spacial score (nSPS) is 12.1. The van der Waals surface area contributed by atoms with E-state index in [2.05, 4.69) is 15.9 Å². The van der Waals surface area contributed by atoms with Gasteiger partial charge in [0.05, 0.1) is 14.2 Å². The van der Waals surface area contributed by atoms with Crippen molar-refractivity contribution in [3.63, 3.8) is 0 Å². The van der Waals surface area contributed by atoms with Crippen molar-refractivity contribution in [1.82, 2.24) is 0 Å². The predicted molar refractivity (Wildman–Crippen MR) is 87.2 cm³/mol. The number of aliphatic hydroxyl groups excluding tert-OH is 1. The maximum absolute atomic E-state index is 10.7. The first-order valence-electron chi connectivity index (χ1n) is 6.64. The minimum Gasteiger partial charge on any atom is -0.497 e. The van der Waals surface area contributed by atoms with Crippen LogP contribution in [0.3, 0.4) is 0 Å². The largest absolute Gasteiger partial charge is 0.497 e. The average Bonchev–Trinajstić information content (AvgIpc) is 2.49. The Morgan fingerprint density at radius 2 is 1.67 bits per heavy atom. The number of aliphatic hydroxyl groups is 1. The van der Waals surface area contributed by atoms with Crippen LogP contribution in [0.4, 0.5) is 0 Å². The van der Waals surface area contributed by atoms with E-state index in [9.17, 15) is 5.11 Å². The summed E-state index contributed by atoms with van der Waals surface area (Å²) >= 11 is 3.51. The quantitative estimate of drug-likeness (QED) is 0.899. The van der Waals surface area contributed by atoms with E-state index in [-0.39, 0.29) is 0 Å². The van der Waals surface area contributed by atoms with Crippen LogP contribution in [0.25, 0.3) is 0 Å². The number of benzene rings is 2. The standard InChI is InChI=1S/C17H19BrO3/c1-10-8-15(18)11(2)7-14(10)17(19)13-6-5-12(20-3)9-16(13)21-4/h5-9,17,19H,1-4H3. The monoisotopic (exact) mass is 350 g/mol. The van der Waals surface area contributed by atoms with Crippen molar-refractivity contribution in [2.75, 3.05) is 14.2 Å². The van der Waals surface area contributed by atoms with Crippen molar-refractivity contribution < 1.29 is 14.6 Å². The highest BCUT2D eigenvalue weighted by atomic mass is 79.9. The van der Waals surface area contributed by atoms with Gasteiger partial charge >= 0.3 is 0 Å². The molecule has 0 fully saturated rings. The molecule has 0 radical (unpaired) electrons. The third kappa shape index (κ3) is 3.22. The van der Waals surface area contributed by atoms with Gasteiger partial charge in [0, 0.05) is 16.1 Å². The van der Waals surface area contributed by atoms with Crippen LogP contribution in [-0.2, 0) is 0 Å². The zero-order valence-corrected chi connectivity index (χ0v) is 14.2. The number of ether oxygens (including phenoxy) is 2. The van der Waals surface area contributed by atoms with Crippen molar-refractivity contribution in [1.29, 1.82) is 0 Å². The molecule has 2 rings (SSSR count). The first-order chi connectivity index (χ1) is 9.97. The summed E-state index contributed by atoms with van der Waals surface area (Å²) in [6, 6.07) is 9.44. The van der Waals surface area contributed by atoms with Crippen molar-refractivity contribution in [2.45, 2.75) is 20.0 Å². The van der Waals surface area contributed by atoms with Crippen molar-refractivity contribution in [3.8, 4) is 11.5 Å². The predicted octanol–water partition coefficient (Wildman–Crippen LogP) is 4.16. The van der Waals surface area contributed by atoms with Gasteiger partial charge in [0.25, 0.3) is 0 Å². The van der Waals surface area contributed by atoms with Crippen molar-refractivity contribution in [3.05, 3.63) is 57.1 Å². The number of rotatable bonds is 4. The second-order valence-corrected chi connectivity index (χ2v) is 5.82. The summed E-state index contributed by atoms with van der Waals surface area (Å²) in [5.41, 5.74) is 3.71. The summed E-state index contributed by atoms with van der Waals surface area (Å²) in [5, 5.41) is 10.7. The molecular weight excluding hydrogens is 332 g/mol. The fourth-order valence-electron chi connectivity index (χ4n) is 2.31. The van der Waals surface area contributed by atoms with E-state index in [1.54, 1.807) is 20.3 Å². The average molecular weight is 351 g/mol. The topological polar surface area (TPSA) is 38.7 Å². The first-order valence-corrected chi connectivity index (χ1v) is 7.44. The molecule has 0 saturated carbocycles. The van der Waals surface area contributed by atoms with Gasteiger partial charge in [-0.1, -0.05) is 22.0 Å². The second kappa shape index (κ2) is 6.50. The third-order valence-electron chi connectivity index (χ3n) is 3.58. The minimum atomic E-state index is -0.738. The molecule has 0 bridgehead atoms. The molecule has 4 heteroatoms. The van der Waals surface area contributed by atoms with Crippen LogP contribution in [0.5, 0.6) is 11.5 Å². The summed E-state index contributed by atoms with van der Waals surface area (Å²) in [6.07, 6.45) is -0.738. The SMILES string of the molecule is COc1ccc(C(O)c2cc(C)c(Br)cc2C)c(OC)c1. The first kappa shape index (κ1) is 15.9. The molecule has 2 aromatic rings. The maximum Gasteiger partial charge on any atom is 0.128 e. The molecular formula is C17H19BrO3. The number of halogens is 1. The molecule has 112 valence electrons. The van der Waals surface area contributed by atoms with Crippen LogP contribution >= 0.6 is 15.9 Å². The highest BCUT2D eigenvalue weighted by Crippen LogP contribution is 2.35. The van der Waals surface area contributed by atoms with Crippen molar-refractivity contribution >= 4 is 15.9 Å². The Bertz CT molecular complexity index is 653. The molecule has 1 unspecified atom stereocenters. The maximum atomic E-state index is 10.7. The number of hydrogen-bond acceptors (Lipinski definition) is 3. The summed E-state index contributed by atoms with van der Waals surface area (Å²) in [6.45, 7) is 3.99. The van der Waals surface area contributed by atoms with E-state index in [1.165, 1.54) is 0 Å². The number of aryl methyl sites for hydroxylation is 2. The van der Waals surface area contributed by atoms with Crippen LogP contribution in [0.1, 0.15) is 28.4 Å². The molecule has 0 spiro atoms. The summed E-state index contributed by atoms with van der Waals surface area (Å²) in [4.78, 5) is 0. The fourth-order valence-corrected chi connectivity index (χ4v) is 2.77. The molecule has 3 nitrogen and oxygen atoms in total. The zero-order valence-electron chi connectivity index (χ0n) is 12.6. The number of hydrogen-bond donors (Lipinski definition) is 1. The Labute approximate surface area is 133 Å². The van der Waals surface area contributed by atoms with Gasteiger partial charge in [0.1, 0.15) is 17.6 Å². The summed E-state index contributed by atoms with van der Waals surface area (Å²) in [7, 11) is 3.19. The lowest BCUT2D eigenvalue weighted by molar-refractivity contribution is 0.213. The van der Waals surface area contributed by atoms with Crippen LogP contribution in [-0.4, -0.2) is 19.3 Å². The van der Waals surface area contributed by atoms with E-state index in [1.807, 2.05) is 38.1 Å². The molecule has 0 aliphatic carbocycles. The summed E-state index contributed by atoms with van der Waals surface area (Å²) < 4.78 is 11.6. The lowest BCUT2D eigenvalue weighted by Gasteiger charge is -2.19. The van der Waals surface area contributed by atoms with E-state index in [0.29, 0.717) is 11.5 Å². The summed E-state index contributed by atoms with van der Waals surface area (Å²) in [5.74, 6) is 1.31. The molecule has 0 aliphatic heterocycles. The molecule has 2 aromatic carbocycles.